The van der Waals surface area contributed by atoms with Crippen LogP contribution in [0, 0.1) is 5.92 Å². The van der Waals surface area contributed by atoms with Crippen LogP contribution >= 0.6 is 7.26 Å². The number of rotatable bonds is 6. The average Bonchev–Trinajstić information content (AvgIpc) is 3.55. The van der Waals surface area contributed by atoms with Crippen molar-refractivity contribution in [3.8, 4) is 11.1 Å². The summed E-state index contributed by atoms with van der Waals surface area (Å²) in [7, 11) is -2.29. The molecule has 3 aliphatic rings. The van der Waals surface area contributed by atoms with E-state index in [-0.39, 0.29) is 11.3 Å². The molecule has 0 saturated heterocycles. The quantitative estimate of drug-likeness (QED) is 0.154. The molecule has 0 aromatic heterocycles. The second kappa shape index (κ2) is 12.9. The Balaban J connectivity index is 1.20. The van der Waals surface area contributed by atoms with E-state index in [4.69, 9.17) is 0 Å². The number of fused-ring (bicyclic) bond motifs is 5. The van der Waals surface area contributed by atoms with E-state index in [0.717, 1.165) is 6.42 Å². The van der Waals surface area contributed by atoms with Gasteiger partial charge < -0.3 is 0 Å². The number of hydrogen-bond acceptors (Lipinski definition) is 1. The number of anilines is 2. The van der Waals surface area contributed by atoms with Crippen LogP contribution in [0.2, 0.25) is 0 Å². The van der Waals surface area contributed by atoms with Crippen molar-refractivity contribution in [1.82, 2.24) is 0 Å². The van der Waals surface area contributed by atoms with E-state index >= 15 is 0 Å². The summed E-state index contributed by atoms with van der Waals surface area (Å²) in [5.41, 5.74) is 13.0. The van der Waals surface area contributed by atoms with E-state index in [9.17, 15) is 0 Å². The molecule has 0 saturated carbocycles. The third kappa shape index (κ3) is 4.96. The van der Waals surface area contributed by atoms with Crippen molar-refractivity contribution in [2.45, 2.75) is 31.1 Å². The standard InChI is InChI=1S/C53H46NP/c1-52(2)48-29-17-18-30-50(48)54(40-19-7-4-8-20-40)51-36-33-39(37-49(51)52)53(46-27-15-13-25-44(46)45-26-14-16-28-47(45)53)38-31-34-43(35-32-38)55(3,41-21-9-5-10-22-41)42-23-11-6-12-24-42/h4-36,49,55H,37H2,1-3H3. The summed E-state index contributed by atoms with van der Waals surface area (Å²) in [5, 5.41) is 4.28. The predicted molar refractivity (Wildman–Crippen MR) is 237 cm³/mol. The summed E-state index contributed by atoms with van der Waals surface area (Å²) in [4.78, 5) is 2.52. The Hall–Kier alpha value is -5.75. The normalized spacial score (nSPS) is 17.9. The molecule has 7 aromatic rings. The van der Waals surface area contributed by atoms with E-state index in [0.29, 0.717) is 0 Å². The summed E-state index contributed by atoms with van der Waals surface area (Å²) in [6.07, 6.45) is 5.90. The van der Waals surface area contributed by atoms with Crippen LogP contribution in [-0.4, -0.2) is 6.66 Å². The van der Waals surface area contributed by atoms with Gasteiger partial charge in [0.1, 0.15) is 0 Å². The molecule has 1 nitrogen and oxygen atoms in total. The van der Waals surface area contributed by atoms with Gasteiger partial charge in [-0.1, -0.05) is 24.3 Å². The first kappa shape index (κ1) is 33.8. The Morgan fingerprint density at radius 1 is 0.491 bits per heavy atom. The van der Waals surface area contributed by atoms with Crippen LogP contribution in [0.1, 0.15) is 42.5 Å². The zero-order valence-corrected chi connectivity index (χ0v) is 32.8. The van der Waals surface area contributed by atoms with Gasteiger partial charge in [-0.25, -0.2) is 0 Å². The monoisotopic (exact) mass is 727 g/mol. The van der Waals surface area contributed by atoms with Crippen LogP contribution < -0.4 is 20.8 Å². The van der Waals surface area contributed by atoms with Gasteiger partial charge in [-0.3, -0.25) is 0 Å². The number of nitrogens with zero attached hydrogens (tertiary/aromatic N) is 1. The van der Waals surface area contributed by atoms with Crippen molar-refractivity contribution in [3.05, 3.63) is 234 Å². The summed E-state index contributed by atoms with van der Waals surface area (Å²) in [6, 6.07) is 70.6. The molecular formula is C53H46NP. The number of allylic oxidation sites excluding steroid dienone is 4. The zero-order chi connectivity index (χ0) is 37.2. The fourth-order valence-corrected chi connectivity index (χ4v) is 14.0. The SMILES string of the molecule is CC1(C)c2ccccc2N(c2ccccc2)C2=CC=C(C3(c4ccc([PH](C)(c5ccccc5)c5ccccc5)cc4)c4ccccc4-c4ccccc43)CC21. The first-order valence-corrected chi connectivity index (χ1v) is 22.2. The fourth-order valence-electron chi connectivity index (χ4n) is 10.4. The molecule has 0 amide bonds. The van der Waals surface area contributed by atoms with E-state index in [1.165, 1.54) is 71.9 Å². The minimum absolute atomic E-state index is 0.0886. The first-order valence-electron chi connectivity index (χ1n) is 19.7. The van der Waals surface area contributed by atoms with E-state index < -0.39 is 12.7 Å². The molecule has 0 radical (unpaired) electrons. The van der Waals surface area contributed by atoms with Gasteiger partial charge in [-0.15, -0.1) is 0 Å². The van der Waals surface area contributed by atoms with Crippen molar-refractivity contribution in [2.24, 2.45) is 5.92 Å². The zero-order valence-electron chi connectivity index (χ0n) is 31.8. The minimum atomic E-state index is -2.29. The molecule has 1 aliphatic heterocycles. The fraction of sp³-hybridized carbons (Fsp3) is 0.132. The molecule has 1 unspecified atom stereocenters. The molecule has 1 heterocycles. The van der Waals surface area contributed by atoms with E-state index in [1.54, 1.807) is 0 Å². The van der Waals surface area contributed by atoms with E-state index in [2.05, 4.69) is 226 Å². The van der Waals surface area contributed by atoms with Crippen molar-refractivity contribution in [3.63, 3.8) is 0 Å². The molecule has 268 valence electrons. The second-order valence-corrected chi connectivity index (χ2v) is 20.2. The number of para-hydroxylation sites is 2. The molecule has 0 N–H and O–H groups in total. The molecule has 10 rings (SSSR count). The maximum absolute atomic E-state index is 2.52. The van der Waals surface area contributed by atoms with E-state index in [1.807, 2.05) is 0 Å². The Morgan fingerprint density at radius 2 is 0.964 bits per heavy atom. The molecule has 2 heteroatoms. The molecule has 2 aliphatic carbocycles. The van der Waals surface area contributed by atoms with Crippen LogP contribution in [0.5, 0.6) is 0 Å². The average molecular weight is 728 g/mol. The van der Waals surface area contributed by atoms with Gasteiger partial charge in [0.05, 0.1) is 0 Å². The second-order valence-electron chi connectivity index (χ2n) is 16.2. The van der Waals surface area contributed by atoms with Gasteiger partial charge in [-0.2, -0.15) is 0 Å². The van der Waals surface area contributed by atoms with Gasteiger partial charge in [0.2, 0.25) is 0 Å². The van der Waals surface area contributed by atoms with Crippen molar-refractivity contribution >= 4 is 34.6 Å². The van der Waals surface area contributed by atoms with Gasteiger partial charge in [0.15, 0.2) is 0 Å². The molecule has 0 fully saturated rings. The third-order valence-electron chi connectivity index (χ3n) is 13.3. The summed E-state index contributed by atoms with van der Waals surface area (Å²) >= 11 is 0. The molecule has 0 spiro atoms. The van der Waals surface area contributed by atoms with Crippen molar-refractivity contribution in [2.75, 3.05) is 11.6 Å². The Kier molecular flexibility index (Phi) is 7.95. The van der Waals surface area contributed by atoms with Crippen LogP contribution in [0.25, 0.3) is 11.1 Å². The van der Waals surface area contributed by atoms with Gasteiger partial charge >= 0.3 is 304 Å². The molecule has 0 bridgehead atoms. The summed E-state index contributed by atoms with van der Waals surface area (Å²) < 4.78 is 0. The topological polar surface area (TPSA) is 3.24 Å². The number of hydrogen-bond donors (Lipinski definition) is 0. The maximum atomic E-state index is 2.52. The van der Waals surface area contributed by atoms with Crippen molar-refractivity contribution in [1.29, 1.82) is 0 Å². The molecule has 55 heavy (non-hydrogen) atoms. The Bertz CT molecular complexity index is 2510. The Morgan fingerprint density at radius 3 is 1.55 bits per heavy atom. The van der Waals surface area contributed by atoms with Crippen molar-refractivity contribution < 1.29 is 0 Å². The number of benzene rings is 7. The van der Waals surface area contributed by atoms with Crippen LogP contribution in [0.15, 0.2) is 211 Å². The third-order valence-corrected chi connectivity index (χ3v) is 17.7. The molecule has 1 atom stereocenters. The molecular weight excluding hydrogens is 682 g/mol. The van der Waals surface area contributed by atoms with Gasteiger partial charge in [0.25, 0.3) is 0 Å². The molecule has 7 aromatic carbocycles. The van der Waals surface area contributed by atoms with Crippen LogP contribution in [0.3, 0.4) is 0 Å². The summed E-state index contributed by atoms with van der Waals surface area (Å²) in [5.74, 6) is 0.269. The summed E-state index contributed by atoms with van der Waals surface area (Å²) in [6.45, 7) is 7.44. The van der Waals surface area contributed by atoms with Crippen LogP contribution in [0.4, 0.5) is 11.4 Å². The van der Waals surface area contributed by atoms with Gasteiger partial charge in [-0.05, 0) is 0 Å². The predicted octanol–water partition coefficient (Wildman–Crippen LogP) is 11.6. The van der Waals surface area contributed by atoms with Gasteiger partial charge in [0, 0.05) is 0 Å². The van der Waals surface area contributed by atoms with Crippen LogP contribution in [-0.2, 0) is 10.8 Å². The first-order chi connectivity index (χ1) is 26.9. The Labute approximate surface area is 326 Å².